The number of benzene rings is 1. The maximum atomic E-state index is 6.25. The van der Waals surface area contributed by atoms with Gasteiger partial charge in [-0.25, -0.2) is 9.67 Å². The molecule has 0 atom stereocenters. The average Bonchev–Trinajstić information content (AvgIpc) is 2.88. The van der Waals surface area contributed by atoms with Crippen LogP contribution in [0.5, 0.6) is 0 Å². The molecule has 3 aromatic rings. The van der Waals surface area contributed by atoms with E-state index in [0.717, 1.165) is 29.0 Å². The maximum Gasteiger partial charge on any atom is 0.207 e. The highest BCUT2D eigenvalue weighted by Crippen LogP contribution is 2.29. The first-order valence-corrected chi connectivity index (χ1v) is 6.46. The molecular formula is C13H14ClN5. The summed E-state index contributed by atoms with van der Waals surface area (Å²) in [6, 6.07) is 7.55. The first-order chi connectivity index (χ1) is 9.13. The van der Waals surface area contributed by atoms with Crippen molar-refractivity contribution < 1.29 is 0 Å². The molecule has 0 aliphatic rings. The second-order valence-corrected chi connectivity index (χ2v) is 4.76. The number of hydrogen-bond acceptors (Lipinski definition) is 3. The number of fused-ring (bicyclic) bond motifs is 1. The summed E-state index contributed by atoms with van der Waals surface area (Å²) >= 11 is 6.25. The number of nitrogens with two attached hydrogens (primary N) is 1. The lowest BCUT2D eigenvalue weighted by atomic mass is 10.3. The van der Waals surface area contributed by atoms with Gasteiger partial charge in [0, 0.05) is 7.05 Å². The van der Waals surface area contributed by atoms with Crippen molar-refractivity contribution >= 4 is 28.7 Å². The van der Waals surface area contributed by atoms with E-state index >= 15 is 0 Å². The van der Waals surface area contributed by atoms with Crippen molar-refractivity contribution in [2.24, 2.45) is 7.05 Å². The van der Waals surface area contributed by atoms with Gasteiger partial charge in [-0.2, -0.15) is 5.10 Å². The lowest BCUT2D eigenvalue weighted by Crippen LogP contribution is -2.05. The van der Waals surface area contributed by atoms with E-state index in [0.29, 0.717) is 11.0 Å². The van der Waals surface area contributed by atoms with Crippen LogP contribution < -0.4 is 5.73 Å². The highest BCUT2D eigenvalue weighted by Gasteiger charge is 2.19. The molecule has 0 bridgehead atoms. The molecule has 5 nitrogen and oxygen atoms in total. The summed E-state index contributed by atoms with van der Waals surface area (Å²) in [7, 11) is 1.88. The van der Waals surface area contributed by atoms with Crippen LogP contribution in [0.2, 0.25) is 5.02 Å². The smallest absolute Gasteiger partial charge is 0.207 e. The number of aromatic nitrogens is 4. The summed E-state index contributed by atoms with van der Waals surface area (Å²) in [6.45, 7) is 2.05. The van der Waals surface area contributed by atoms with Crippen molar-refractivity contribution in [1.82, 2.24) is 19.3 Å². The van der Waals surface area contributed by atoms with Crippen LogP contribution in [0.3, 0.4) is 0 Å². The Hall–Kier alpha value is -2.01. The molecule has 1 aromatic carbocycles. The van der Waals surface area contributed by atoms with E-state index in [-0.39, 0.29) is 0 Å². The molecule has 19 heavy (non-hydrogen) atoms. The van der Waals surface area contributed by atoms with Crippen molar-refractivity contribution in [2.75, 3.05) is 5.73 Å². The van der Waals surface area contributed by atoms with Crippen LogP contribution in [0.15, 0.2) is 24.3 Å². The van der Waals surface area contributed by atoms with E-state index in [1.54, 1.807) is 4.68 Å². The minimum absolute atomic E-state index is 0.422. The Morgan fingerprint density at radius 2 is 2.05 bits per heavy atom. The van der Waals surface area contributed by atoms with Gasteiger partial charge in [-0.15, -0.1) is 0 Å². The van der Waals surface area contributed by atoms with Crippen LogP contribution in [0.4, 0.5) is 5.95 Å². The molecule has 3 rings (SSSR count). The molecule has 0 unspecified atom stereocenters. The van der Waals surface area contributed by atoms with Gasteiger partial charge in [0.2, 0.25) is 5.95 Å². The van der Waals surface area contributed by atoms with Crippen molar-refractivity contribution in [3.05, 3.63) is 35.0 Å². The fourth-order valence-corrected chi connectivity index (χ4v) is 2.53. The van der Waals surface area contributed by atoms with Crippen molar-refractivity contribution in [1.29, 1.82) is 0 Å². The zero-order valence-electron chi connectivity index (χ0n) is 10.8. The fraction of sp³-hybridized carbons (Fsp3) is 0.231. The standard InChI is InChI=1S/C13H14ClN5/c1-3-9-11-12(18(2)17-9)19(13(15)16-11)10-7-5-4-6-8(10)14/h4-7H,3H2,1-2H3,(H2,15,16). The molecule has 2 N–H and O–H groups in total. The highest BCUT2D eigenvalue weighted by molar-refractivity contribution is 6.32. The maximum absolute atomic E-state index is 6.25. The lowest BCUT2D eigenvalue weighted by Gasteiger charge is -2.08. The Morgan fingerprint density at radius 1 is 1.32 bits per heavy atom. The molecule has 6 heteroatoms. The Balaban J connectivity index is 2.39. The second kappa shape index (κ2) is 4.28. The van der Waals surface area contributed by atoms with E-state index < -0.39 is 0 Å². The quantitative estimate of drug-likeness (QED) is 0.782. The van der Waals surface area contributed by atoms with Gasteiger partial charge >= 0.3 is 0 Å². The number of rotatable bonds is 2. The Kier molecular flexibility index (Phi) is 2.71. The van der Waals surface area contributed by atoms with Gasteiger partial charge in [0.25, 0.3) is 0 Å². The molecule has 0 spiro atoms. The van der Waals surface area contributed by atoms with Crippen molar-refractivity contribution in [3.63, 3.8) is 0 Å². The SMILES string of the molecule is CCc1nn(C)c2c1nc(N)n2-c1ccccc1Cl. The predicted molar refractivity (Wildman–Crippen MR) is 76.6 cm³/mol. The van der Waals surface area contributed by atoms with Crippen LogP contribution in [0.25, 0.3) is 16.9 Å². The molecule has 2 aromatic heterocycles. The third-order valence-corrected chi connectivity index (χ3v) is 3.48. The summed E-state index contributed by atoms with van der Waals surface area (Å²) in [5.41, 5.74) is 9.50. The zero-order chi connectivity index (χ0) is 13.6. The minimum atomic E-state index is 0.422. The number of anilines is 1. The summed E-state index contributed by atoms with van der Waals surface area (Å²) < 4.78 is 3.63. The number of nitrogen functional groups attached to an aromatic ring is 1. The van der Waals surface area contributed by atoms with Crippen LogP contribution in [0, 0.1) is 0 Å². The van der Waals surface area contributed by atoms with Crippen LogP contribution in [0.1, 0.15) is 12.6 Å². The third kappa shape index (κ3) is 1.69. The molecule has 0 aliphatic carbocycles. The Morgan fingerprint density at radius 3 is 2.74 bits per heavy atom. The molecule has 2 heterocycles. The van der Waals surface area contributed by atoms with E-state index in [1.165, 1.54) is 0 Å². The van der Waals surface area contributed by atoms with Gasteiger partial charge in [-0.05, 0) is 18.6 Å². The van der Waals surface area contributed by atoms with Crippen LogP contribution in [-0.2, 0) is 13.5 Å². The van der Waals surface area contributed by atoms with Gasteiger partial charge in [0.1, 0.15) is 5.52 Å². The zero-order valence-corrected chi connectivity index (χ0v) is 11.5. The van der Waals surface area contributed by atoms with E-state index in [1.807, 2.05) is 42.8 Å². The Labute approximate surface area is 115 Å². The highest BCUT2D eigenvalue weighted by atomic mass is 35.5. The van der Waals surface area contributed by atoms with Gasteiger partial charge in [0.15, 0.2) is 5.65 Å². The van der Waals surface area contributed by atoms with Crippen molar-refractivity contribution in [3.8, 4) is 5.69 Å². The number of aryl methyl sites for hydroxylation is 2. The number of nitrogens with zero attached hydrogens (tertiary/aromatic N) is 4. The molecule has 0 amide bonds. The first-order valence-electron chi connectivity index (χ1n) is 6.08. The minimum Gasteiger partial charge on any atom is -0.369 e. The molecule has 0 saturated carbocycles. The van der Waals surface area contributed by atoms with Gasteiger partial charge in [-0.1, -0.05) is 30.7 Å². The molecule has 0 radical (unpaired) electrons. The van der Waals surface area contributed by atoms with Gasteiger partial charge in [0.05, 0.1) is 16.4 Å². The summed E-state index contributed by atoms with van der Waals surface area (Å²) in [6.07, 6.45) is 0.816. The van der Waals surface area contributed by atoms with E-state index in [4.69, 9.17) is 17.3 Å². The summed E-state index contributed by atoms with van der Waals surface area (Å²) in [5, 5.41) is 5.09. The molecule has 0 aliphatic heterocycles. The Bertz CT molecular complexity index is 756. The molecule has 98 valence electrons. The molecule has 0 saturated heterocycles. The lowest BCUT2D eigenvalue weighted by molar-refractivity contribution is 0.751. The summed E-state index contributed by atoms with van der Waals surface area (Å²) in [5.74, 6) is 0.422. The van der Waals surface area contributed by atoms with E-state index in [2.05, 4.69) is 10.1 Å². The molecule has 0 fully saturated rings. The second-order valence-electron chi connectivity index (χ2n) is 4.35. The number of imidazole rings is 1. The molecular weight excluding hydrogens is 262 g/mol. The normalized spacial score (nSPS) is 11.3. The monoisotopic (exact) mass is 275 g/mol. The van der Waals surface area contributed by atoms with Crippen LogP contribution >= 0.6 is 11.6 Å². The number of para-hydroxylation sites is 1. The summed E-state index contributed by atoms with van der Waals surface area (Å²) in [4.78, 5) is 4.42. The van der Waals surface area contributed by atoms with Crippen molar-refractivity contribution in [2.45, 2.75) is 13.3 Å². The predicted octanol–water partition coefficient (Wildman–Crippen LogP) is 2.56. The number of halogens is 1. The largest absolute Gasteiger partial charge is 0.369 e. The van der Waals surface area contributed by atoms with E-state index in [9.17, 15) is 0 Å². The first kappa shape index (κ1) is 12.0. The third-order valence-electron chi connectivity index (χ3n) is 3.16. The average molecular weight is 276 g/mol. The van der Waals surface area contributed by atoms with Crippen LogP contribution in [-0.4, -0.2) is 19.3 Å². The van der Waals surface area contributed by atoms with Gasteiger partial charge < -0.3 is 5.73 Å². The fourth-order valence-electron chi connectivity index (χ4n) is 2.31. The number of hydrogen-bond donors (Lipinski definition) is 1. The van der Waals surface area contributed by atoms with Gasteiger partial charge in [-0.3, -0.25) is 4.57 Å². The topological polar surface area (TPSA) is 61.7 Å².